The quantitative estimate of drug-likeness (QED) is 0.370. The van der Waals surface area contributed by atoms with Crippen LogP contribution in [0.25, 0.3) is 11.7 Å². The summed E-state index contributed by atoms with van der Waals surface area (Å²) in [5, 5.41) is 12.4. The second kappa shape index (κ2) is 10.1. The van der Waals surface area contributed by atoms with Gasteiger partial charge in [0.25, 0.3) is 5.56 Å². The number of aromatic nitrogens is 3. The normalized spacial score (nSPS) is 13.6. The first-order chi connectivity index (χ1) is 17.4. The summed E-state index contributed by atoms with van der Waals surface area (Å²) >= 11 is 1.68. The van der Waals surface area contributed by atoms with Crippen molar-refractivity contribution in [3.63, 3.8) is 0 Å². The second-order valence-electron chi connectivity index (χ2n) is 9.35. The van der Waals surface area contributed by atoms with E-state index in [-0.39, 0.29) is 11.1 Å². The first-order valence-corrected chi connectivity index (χ1v) is 13.0. The molecule has 0 saturated carbocycles. The van der Waals surface area contributed by atoms with Gasteiger partial charge < -0.3 is 10.0 Å². The third kappa shape index (κ3) is 4.95. The second-order valence-corrected chi connectivity index (χ2v) is 10.3. The standard InChI is InChI=1S/C28H28N4O3S/c1-18(2)23-17-36-25(29-23)9-7-19-11-14-32-24(15-19)30-27(22(28(32)35)8-10-26(33)34)31-13-12-20-5-3-4-6-21(20)16-31/h3-6,8,10-11,14-15,17-18H,7,9,12-13,16H2,1-2H3,(H,33,34)/b10-8+. The van der Waals surface area contributed by atoms with Crippen LogP contribution in [0.15, 0.2) is 58.8 Å². The Labute approximate surface area is 213 Å². The van der Waals surface area contributed by atoms with Gasteiger partial charge >= 0.3 is 5.97 Å². The molecule has 36 heavy (non-hydrogen) atoms. The van der Waals surface area contributed by atoms with Crippen LogP contribution in [0.4, 0.5) is 5.82 Å². The van der Waals surface area contributed by atoms with Crippen LogP contribution in [-0.4, -0.2) is 32.0 Å². The van der Waals surface area contributed by atoms with Crippen LogP contribution in [0.5, 0.6) is 0 Å². The van der Waals surface area contributed by atoms with Gasteiger partial charge in [0, 0.05) is 37.2 Å². The van der Waals surface area contributed by atoms with E-state index in [0.29, 0.717) is 30.5 Å². The molecular formula is C28H28N4O3S. The Morgan fingerprint density at radius 3 is 2.72 bits per heavy atom. The van der Waals surface area contributed by atoms with Crippen molar-refractivity contribution in [2.24, 2.45) is 0 Å². The summed E-state index contributed by atoms with van der Waals surface area (Å²) in [4.78, 5) is 36.4. The van der Waals surface area contributed by atoms with Crippen LogP contribution in [0.3, 0.4) is 0 Å². The van der Waals surface area contributed by atoms with Crippen LogP contribution in [-0.2, 0) is 30.6 Å². The fraction of sp³-hybridized carbons (Fsp3) is 0.286. The maximum atomic E-state index is 13.5. The number of nitrogens with zero attached hydrogens (tertiary/aromatic N) is 4. The van der Waals surface area contributed by atoms with Crippen LogP contribution < -0.4 is 10.5 Å². The van der Waals surface area contributed by atoms with Crippen LogP contribution >= 0.6 is 11.3 Å². The van der Waals surface area contributed by atoms with Crippen LogP contribution in [0.2, 0.25) is 0 Å². The minimum absolute atomic E-state index is 0.278. The molecule has 5 rings (SSSR count). The van der Waals surface area contributed by atoms with Gasteiger partial charge in [-0.3, -0.25) is 9.20 Å². The highest BCUT2D eigenvalue weighted by atomic mass is 32.1. The van der Waals surface area contributed by atoms with Crippen molar-refractivity contribution in [1.29, 1.82) is 0 Å². The molecule has 8 heteroatoms. The van der Waals surface area contributed by atoms with Gasteiger partial charge in [0.1, 0.15) is 11.5 Å². The number of carboxylic acid groups (broad SMARTS) is 1. The number of rotatable bonds is 7. The highest BCUT2D eigenvalue weighted by Gasteiger charge is 2.22. The molecule has 0 fully saturated rings. The number of hydrogen-bond acceptors (Lipinski definition) is 6. The molecule has 1 aromatic carbocycles. The molecular weight excluding hydrogens is 472 g/mol. The smallest absolute Gasteiger partial charge is 0.328 e. The number of pyridine rings is 1. The maximum absolute atomic E-state index is 13.5. The van der Waals surface area contributed by atoms with Gasteiger partial charge in [-0.1, -0.05) is 38.1 Å². The molecule has 0 spiro atoms. The van der Waals surface area contributed by atoms with E-state index in [9.17, 15) is 14.7 Å². The van der Waals surface area contributed by atoms with E-state index in [1.807, 2.05) is 24.3 Å². The molecule has 1 aliphatic heterocycles. The topological polar surface area (TPSA) is 87.8 Å². The molecule has 3 aromatic heterocycles. The van der Waals surface area contributed by atoms with E-state index in [0.717, 1.165) is 41.6 Å². The minimum Gasteiger partial charge on any atom is -0.478 e. The van der Waals surface area contributed by atoms with Crippen molar-refractivity contribution in [2.45, 2.75) is 45.6 Å². The maximum Gasteiger partial charge on any atom is 0.328 e. The molecule has 4 aromatic rings. The van der Waals surface area contributed by atoms with Gasteiger partial charge in [-0.15, -0.1) is 11.3 Å². The summed E-state index contributed by atoms with van der Waals surface area (Å²) in [6.45, 7) is 5.61. The third-order valence-corrected chi connectivity index (χ3v) is 7.45. The lowest BCUT2D eigenvalue weighted by Gasteiger charge is -2.30. The van der Waals surface area contributed by atoms with Crippen molar-refractivity contribution in [3.05, 3.63) is 97.4 Å². The van der Waals surface area contributed by atoms with Gasteiger partial charge in [0.2, 0.25) is 0 Å². The lowest BCUT2D eigenvalue weighted by atomic mass is 9.99. The van der Waals surface area contributed by atoms with Crippen LogP contribution in [0.1, 0.15) is 52.7 Å². The zero-order valence-corrected chi connectivity index (χ0v) is 21.2. The number of carbonyl (C=O) groups is 1. The Kier molecular flexibility index (Phi) is 6.69. The number of hydrogen-bond donors (Lipinski definition) is 1. The first-order valence-electron chi connectivity index (χ1n) is 12.1. The fourth-order valence-corrected chi connectivity index (χ4v) is 5.47. The Balaban J connectivity index is 1.50. The fourth-order valence-electron chi connectivity index (χ4n) is 4.51. The lowest BCUT2D eigenvalue weighted by Crippen LogP contribution is -2.34. The Morgan fingerprint density at radius 1 is 1.17 bits per heavy atom. The van der Waals surface area contributed by atoms with Gasteiger partial charge in [-0.05, 0) is 53.7 Å². The van der Waals surface area contributed by atoms with E-state index in [4.69, 9.17) is 9.97 Å². The van der Waals surface area contributed by atoms with E-state index < -0.39 is 5.97 Å². The molecule has 1 N–H and O–H groups in total. The average molecular weight is 501 g/mol. The van der Waals surface area contributed by atoms with E-state index in [1.165, 1.54) is 21.6 Å². The molecule has 0 saturated heterocycles. The minimum atomic E-state index is -1.10. The Morgan fingerprint density at radius 2 is 1.97 bits per heavy atom. The van der Waals surface area contributed by atoms with Gasteiger partial charge in [-0.2, -0.15) is 0 Å². The molecule has 0 radical (unpaired) electrons. The summed E-state index contributed by atoms with van der Waals surface area (Å²) in [6, 6.07) is 12.1. The SMILES string of the molecule is CC(C)c1csc(CCc2ccn3c(=O)c(/C=C/C(=O)O)c(N4CCc5ccccc5C4)nc3c2)n1. The molecule has 0 atom stereocenters. The lowest BCUT2D eigenvalue weighted by molar-refractivity contribution is -0.131. The molecule has 0 aliphatic carbocycles. The van der Waals surface area contributed by atoms with Gasteiger partial charge in [0.15, 0.2) is 0 Å². The molecule has 0 amide bonds. The predicted molar refractivity (Wildman–Crippen MR) is 143 cm³/mol. The predicted octanol–water partition coefficient (Wildman–Crippen LogP) is 4.72. The number of carboxylic acids is 1. The van der Waals surface area contributed by atoms with Gasteiger partial charge in [0.05, 0.1) is 16.3 Å². The molecule has 184 valence electrons. The largest absolute Gasteiger partial charge is 0.478 e. The molecule has 4 heterocycles. The highest BCUT2D eigenvalue weighted by molar-refractivity contribution is 7.09. The number of anilines is 1. The van der Waals surface area contributed by atoms with E-state index in [2.05, 4.69) is 36.3 Å². The van der Waals surface area contributed by atoms with Crippen molar-refractivity contribution in [3.8, 4) is 0 Å². The molecule has 1 aliphatic rings. The van der Waals surface area contributed by atoms with Crippen molar-refractivity contribution < 1.29 is 9.90 Å². The van der Waals surface area contributed by atoms with Crippen LogP contribution in [0, 0.1) is 0 Å². The Hall–Kier alpha value is -3.78. The third-order valence-electron chi connectivity index (χ3n) is 6.52. The summed E-state index contributed by atoms with van der Waals surface area (Å²) in [6.07, 6.45) is 6.56. The molecule has 0 unspecified atom stereocenters. The number of aliphatic carboxylic acids is 1. The number of thiazole rings is 1. The summed E-state index contributed by atoms with van der Waals surface area (Å²) in [7, 11) is 0. The number of aryl methyl sites for hydroxylation is 2. The number of fused-ring (bicyclic) bond motifs is 2. The average Bonchev–Trinajstić information content (AvgIpc) is 3.36. The highest BCUT2D eigenvalue weighted by Crippen LogP contribution is 2.26. The zero-order valence-electron chi connectivity index (χ0n) is 20.3. The Bertz CT molecular complexity index is 1520. The number of benzene rings is 1. The van der Waals surface area contributed by atoms with Crippen molar-refractivity contribution in [1.82, 2.24) is 14.4 Å². The molecule has 7 nitrogen and oxygen atoms in total. The van der Waals surface area contributed by atoms with Crippen molar-refractivity contribution in [2.75, 3.05) is 11.4 Å². The first kappa shape index (κ1) is 23.9. The summed E-state index contributed by atoms with van der Waals surface area (Å²) in [5.41, 5.74) is 5.24. The van der Waals surface area contributed by atoms with E-state index in [1.54, 1.807) is 17.5 Å². The van der Waals surface area contributed by atoms with E-state index >= 15 is 0 Å². The van der Waals surface area contributed by atoms with Crippen molar-refractivity contribution >= 4 is 34.8 Å². The van der Waals surface area contributed by atoms with Gasteiger partial charge in [-0.25, -0.2) is 14.8 Å². The zero-order chi connectivity index (χ0) is 25.2. The molecule has 0 bridgehead atoms. The summed E-state index contributed by atoms with van der Waals surface area (Å²) < 4.78 is 1.49. The monoisotopic (exact) mass is 500 g/mol. The summed E-state index contributed by atoms with van der Waals surface area (Å²) in [5.74, 6) is -0.172.